The molecular formula is C53H53BN2O. The Morgan fingerprint density at radius 1 is 0.614 bits per heavy atom. The zero-order chi connectivity index (χ0) is 39.4. The van der Waals surface area contributed by atoms with E-state index in [-0.39, 0.29) is 28.5 Å². The van der Waals surface area contributed by atoms with Gasteiger partial charge in [0.15, 0.2) is 0 Å². The number of para-hydroxylation sites is 1. The molecule has 4 aliphatic rings. The van der Waals surface area contributed by atoms with Crippen LogP contribution in [0.2, 0.25) is 0 Å². The molecule has 3 aliphatic heterocycles. The number of hydrogen-bond acceptors (Lipinski definition) is 3. The van der Waals surface area contributed by atoms with Crippen LogP contribution in [0.1, 0.15) is 103 Å². The zero-order valence-corrected chi connectivity index (χ0v) is 35.1. The van der Waals surface area contributed by atoms with Crippen molar-refractivity contribution in [1.82, 2.24) is 0 Å². The van der Waals surface area contributed by atoms with Crippen molar-refractivity contribution in [2.75, 3.05) is 9.80 Å². The molecule has 0 spiro atoms. The minimum Gasteiger partial charge on any atom is -0.456 e. The summed E-state index contributed by atoms with van der Waals surface area (Å²) in [5.41, 5.74) is 20.8. The van der Waals surface area contributed by atoms with Crippen molar-refractivity contribution in [3.8, 4) is 11.1 Å². The highest BCUT2D eigenvalue weighted by molar-refractivity contribution is 7.00. The van der Waals surface area contributed by atoms with Crippen molar-refractivity contribution < 1.29 is 4.42 Å². The maximum Gasteiger partial charge on any atom is 0.252 e. The van der Waals surface area contributed by atoms with Crippen LogP contribution >= 0.6 is 0 Å². The van der Waals surface area contributed by atoms with Gasteiger partial charge in [0.05, 0.1) is 11.2 Å². The van der Waals surface area contributed by atoms with Crippen molar-refractivity contribution in [1.29, 1.82) is 0 Å². The van der Waals surface area contributed by atoms with Crippen molar-refractivity contribution in [2.24, 2.45) is 0 Å². The van der Waals surface area contributed by atoms with Crippen LogP contribution in [0.5, 0.6) is 0 Å². The average Bonchev–Trinajstić information content (AvgIpc) is 3.64. The maximum atomic E-state index is 6.76. The first-order chi connectivity index (χ1) is 27.2. The molecule has 7 aromatic rings. The molecule has 284 valence electrons. The van der Waals surface area contributed by atoms with Crippen LogP contribution in [0.4, 0.5) is 28.4 Å². The van der Waals surface area contributed by atoms with Crippen LogP contribution in [0.3, 0.4) is 0 Å². The fraction of sp³-hybridized carbons (Fsp3) is 0.321. The van der Waals surface area contributed by atoms with Crippen LogP contribution in [0, 0.1) is 6.92 Å². The molecule has 4 heterocycles. The smallest absolute Gasteiger partial charge is 0.252 e. The summed E-state index contributed by atoms with van der Waals surface area (Å²) in [5, 5.41) is 2.32. The Morgan fingerprint density at radius 3 is 2.11 bits per heavy atom. The number of benzene rings is 6. The van der Waals surface area contributed by atoms with Gasteiger partial charge in [0.1, 0.15) is 11.2 Å². The molecule has 1 aromatic heterocycles. The second-order valence-corrected chi connectivity index (χ2v) is 20.2. The van der Waals surface area contributed by atoms with E-state index in [2.05, 4.69) is 181 Å². The number of furan rings is 1. The van der Waals surface area contributed by atoms with Crippen LogP contribution < -0.4 is 26.2 Å². The average molecular weight is 745 g/mol. The van der Waals surface area contributed by atoms with Crippen LogP contribution in [0.25, 0.3) is 33.1 Å². The molecule has 0 bridgehead atoms. The summed E-state index contributed by atoms with van der Waals surface area (Å²) in [4.78, 5) is 5.49. The molecule has 0 amide bonds. The topological polar surface area (TPSA) is 19.6 Å². The van der Waals surface area contributed by atoms with E-state index >= 15 is 0 Å². The zero-order valence-electron chi connectivity index (χ0n) is 35.1. The largest absolute Gasteiger partial charge is 0.456 e. The standard InChI is InChI=1S/C53H53BN2O/c1-32-25-44-48-45(26-32)56-49-39(52(8)23-15-16-24-53(52,56)9)28-35(51(5,6)7)29-41(49)54(48)40-31-47-38(36-19-13-14-20-46(36)57-47)30-43(40)55(44)42-22-21-34(50(2,3)4)27-37(42)33-17-11-10-12-18-33/h10-14,17-22,25-31H,15-16,23-24H2,1-9H3/t52-,53-/m1/s1. The number of anilines is 5. The summed E-state index contributed by atoms with van der Waals surface area (Å²) in [7, 11) is 0. The summed E-state index contributed by atoms with van der Waals surface area (Å²) in [6, 6.07) is 41.9. The lowest BCUT2D eigenvalue weighted by Crippen LogP contribution is -2.64. The molecule has 2 atom stereocenters. The van der Waals surface area contributed by atoms with Gasteiger partial charge in [0.25, 0.3) is 6.71 Å². The summed E-state index contributed by atoms with van der Waals surface area (Å²) >= 11 is 0. The predicted molar refractivity (Wildman–Crippen MR) is 243 cm³/mol. The highest BCUT2D eigenvalue weighted by Crippen LogP contribution is 2.62. The molecule has 1 aliphatic carbocycles. The quantitative estimate of drug-likeness (QED) is 0.164. The van der Waals surface area contributed by atoms with E-state index in [1.807, 2.05) is 0 Å². The van der Waals surface area contributed by atoms with Crippen molar-refractivity contribution in [3.63, 3.8) is 0 Å². The Kier molecular flexibility index (Phi) is 7.04. The fourth-order valence-electron chi connectivity index (χ4n) is 11.4. The molecule has 0 radical (unpaired) electrons. The third kappa shape index (κ3) is 4.68. The number of fused-ring (bicyclic) bond motifs is 10. The number of rotatable bonds is 2. The van der Waals surface area contributed by atoms with Gasteiger partial charge in [-0.05, 0) is 124 Å². The van der Waals surface area contributed by atoms with Gasteiger partial charge in [-0.25, -0.2) is 0 Å². The molecule has 6 aromatic carbocycles. The minimum absolute atomic E-state index is 0.00135. The minimum atomic E-state index is -0.0390. The molecule has 57 heavy (non-hydrogen) atoms. The Labute approximate surface area is 338 Å². The second kappa shape index (κ2) is 11.5. The molecule has 0 N–H and O–H groups in total. The number of nitrogens with zero attached hydrogens (tertiary/aromatic N) is 2. The van der Waals surface area contributed by atoms with E-state index < -0.39 is 0 Å². The van der Waals surface area contributed by atoms with E-state index in [0.717, 1.165) is 21.9 Å². The third-order valence-electron chi connectivity index (χ3n) is 14.7. The first-order valence-electron chi connectivity index (χ1n) is 21.3. The molecule has 1 saturated carbocycles. The SMILES string of the molecule is Cc1cc2c3c(c1)N1c4c(cc(C(C)(C)C)cc4[C@@]4(C)CCCC[C@@]14C)B3c1cc3oc4ccccc4c3cc1N2c1ccc(C(C)(C)C)cc1-c1ccccc1. The maximum absolute atomic E-state index is 6.76. The molecule has 3 nitrogen and oxygen atoms in total. The van der Waals surface area contributed by atoms with E-state index in [1.165, 1.54) is 98.3 Å². The van der Waals surface area contributed by atoms with Crippen LogP contribution in [-0.2, 0) is 16.2 Å². The van der Waals surface area contributed by atoms with E-state index in [9.17, 15) is 0 Å². The lowest BCUT2D eigenvalue weighted by molar-refractivity contribution is 0.195. The van der Waals surface area contributed by atoms with Gasteiger partial charge in [-0.3, -0.25) is 0 Å². The van der Waals surface area contributed by atoms with Crippen molar-refractivity contribution in [2.45, 2.75) is 110 Å². The normalized spacial score (nSPS) is 20.8. The van der Waals surface area contributed by atoms with Gasteiger partial charge >= 0.3 is 0 Å². The van der Waals surface area contributed by atoms with Crippen LogP contribution in [-0.4, -0.2) is 12.3 Å². The monoisotopic (exact) mass is 744 g/mol. The lowest BCUT2D eigenvalue weighted by Gasteiger charge is -2.53. The summed E-state index contributed by atoms with van der Waals surface area (Å²) in [6.07, 6.45) is 4.93. The summed E-state index contributed by atoms with van der Waals surface area (Å²) in [6.45, 7) is 21.7. The predicted octanol–water partition coefficient (Wildman–Crippen LogP) is 12.5. The van der Waals surface area contributed by atoms with E-state index in [4.69, 9.17) is 4.42 Å². The van der Waals surface area contributed by atoms with Gasteiger partial charge in [0, 0.05) is 44.5 Å². The Morgan fingerprint density at radius 2 is 1.33 bits per heavy atom. The third-order valence-corrected chi connectivity index (χ3v) is 14.7. The van der Waals surface area contributed by atoms with Gasteiger partial charge in [-0.15, -0.1) is 0 Å². The Bertz CT molecular complexity index is 2840. The van der Waals surface area contributed by atoms with Crippen LogP contribution in [0.15, 0.2) is 114 Å². The molecule has 0 unspecified atom stereocenters. The Balaban J connectivity index is 1.30. The van der Waals surface area contributed by atoms with Gasteiger partial charge in [0.2, 0.25) is 0 Å². The van der Waals surface area contributed by atoms with Crippen molar-refractivity contribution >= 4 is 73.5 Å². The lowest BCUT2D eigenvalue weighted by atomic mass is 9.33. The molecule has 11 rings (SSSR count). The highest BCUT2D eigenvalue weighted by atomic mass is 16.3. The number of hydrogen-bond donors (Lipinski definition) is 0. The van der Waals surface area contributed by atoms with Gasteiger partial charge < -0.3 is 14.2 Å². The highest BCUT2D eigenvalue weighted by Gasteiger charge is 2.61. The van der Waals surface area contributed by atoms with Gasteiger partial charge in [-0.2, -0.15) is 0 Å². The molecule has 0 saturated heterocycles. The summed E-state index contributed by atoms with van der Waals surface area (Å²) < 4.78 is 6.76. The van der Waals surface area contributed by atoms with E-state index in [1.54, 1.807) is 5.56 Å². The molecule has 4 heteroatoms. The first kappa shape index (κ1) is 35.0. The Hall–Kier alpha value is -5.22. The van der Waals surface area contributed by atoms with E-state index in [0.29, 0.717) is 0 Å². The second-order valence-electron chi connectivity index (χ2n) is 20.2. The van der Waals surface area contributed by atoms with Crippen molar-refractivity contribution in [3.05, 3.63) is 131 Å². The number of aryl methyl sites for hydroxylation is 1. The molecular weight excluding hydrogens is 691 g/mol. The van der Waals surface area contributed by atoms with Gasteiger partial charge in [-0.1, -0.05) is 128 Å². The first-order valence-corrected chi connectivity index (χ1v) is 21.3. The fourth-order valence-corrected chi connectivity index (χ4v) is 11.4. The molecule has 1 fully saturated rings. The summed E-state index contributed by atoms with van der Waals surface area (Å²) in [5.74, 6) is 0.